The van der Waals surface area contributed by atoms with Crippen LogP contribution in [0.2, 0.25) is 0 Å². The monoisotopic (exact) mass is 234 g/mol. The summed E-state index contributed by atoms with van der Waals surface area (Å²) in [5, 5.41) is 11.3. The lowest BCUT2D eigenvalue weighted by Crippen LogP contribution is -2.42. The summed E-state index contributed by atoms with van der Waals surface area (Å²) < 4.78 is 1.35. The first kappa shape index (κ1) is 12.8. The number of nitrogens with zero attached hydrogens (tertiary/aromatic N) is 1. The van der Waals surface area contributed by atoms with E-state index in [4.69, 9.17) is 11.5 Å². The van der Waals surface area contributed by atoms with E-state index in [0.717, 1.165) is 0 Å². The van der Waals surface area contributed by atoms with Crippen molar-refractivity contribution in [2.75, 3.05) is 0 Å². The Balaban J connectivity index is 2.87. The molecule has 2 N–H and O–H groups in total. The summed E-state index contributed by atoms with van der Waals surface area (Å²) in [6.45, 7) is 3.12. The minimum atomic E-state index is -1.01. The first-order valence-electron chi connectivity index (χ1n) is 5.03. The summed E-state index contributed by atoms with van der Waals surface area (Å²) in [7, 11) is 0. The minimum absolute atomic E-state index is 0.258. The number of nitrogens with one attached hydrogen (secondary N) is 1. The Kier molecular flexibility index (Phi) is 3.59. The number of carbonyl (C=O) groups is 2. The van der Waals surface area contributed by atoms with Crippen molar-refractivity contribution in [3.8, 4) is 12.3 Å². The Morgan fingerprint density at radius 1 is 1.59 bits per heavy atom. The maximum atomic E-state index is 11.9. The van der Waals surface area contributed by atoms with E-state index in [0.29, 0.717) is 0 Å². The van der Waals surface area contributed by atoms with Gasteiger partial charge < -0.3 is 15.0 Å². The summed E-state index contributed by atoms with van der Waals surface area (Å²) in [6, 6.07) is 3.16. The molecule has 0 spiro atoms. The zero-order valence-corrected chi connectivity index (χ0v) is 9.73. The van der Waals surface area contributed by atoms with E-state index < -0.39 is 11.5 Å². The highest BCUT2D eigenvalue weighted by molar-refractivity contribution is 5.93. The molecule has 1 heterocycles. The van der Waals surface area contributed by atoms with Crippen LogP contribution >= 0.6 is 0 Å². The maximum Gasteiger partial charge on any atom is 0.323 e. The van der Waals surface area contributed by atoms with Crippen LogP contribution in [-0.4, -0.2) is 27.1 Å². The van der Waals surface area contributed by atoms with Gasteiger partial charge in [-0.05, 0) is 26.0 Å². The quantitative estimate of drug-likeness (QED) is 0.754. The number of carboxylic acid groups (broad SMARTS) is 1. The summed E-state index contributed by atoms with van der Waals surface area (Å²) in [5.74, 6) is 1.04. The average molecular weight is 234 g/mol. The van der Waals surface area contributed by atoms with Gasteiger partial charge in [0.2, 0.25) is 0 Å². The number of hydrogen-bond acceptors (Lipinski definition) is 2. The average Bonchev–Trinajstić information content (AvgIpc) is 2.64. The molecule has 0 saturated heterocycles. The van der Waals surface area contributed by atoms with Gasteiger partial charge in [0.1, 0.15) is 12.2 Å². The standard InChI is InChI=1S/C12H14N2O3/c1-4-12(2,3)13-11(17)9-6-5-7-14(9)8-10(15)16/h1,5-7H,8H2,2-3H3,(H,13,17)(H,15,16). The Morgan fingerprint density at radius 3 is 2.76 bits per heavy atom. The molecule has 0 fully saturated rings. The van der Waals surface area contributed by atoms with Gasteiger partial charge in [-0.25, -0.2) is 0 Å². The van der Waals surface area contributed by atoms with E-state index in [1.165, 1.54) is 10.8 Å². The highest BCUT2D eigenvalue weighted by Gasteiger charge is 2.20. The van der Waals surface area contributed by atoms with Crippen LogP contribution in [0.15, 0.2) is 18.3 Å². The van der Waals surface area contributed by atoms with Crippen LogP contribution in [-0.2, 0) is 11.3 Å². The second-order valence-electron chi connectivity index (χ2n) is 4.14. The van der Waals surface area contributed by atoms with E-state index in [-0.39, 0.29) is 18.1 Å². The number of rotatable bonds is 4. The van der Waals surface area contributed by atoms with Crippen LogP contribution in [0.1, 0.15) is 24.3 Å². The molecule has 1 rings (SSSR count). The summed E-state index contributed by atoms with van der Waals surface area (Å²) in [6.07, 6.45) is 6.79. The number of terminal acetylenes is 1. The third-order valence-electron chi connectivity index (χ3n) is 2.15. The number of aliphatic carboxylic acids is 1. The number of hydrogen-bond donors (Lipinski definition) is 2. The smallest absolute Gasteiger partial charge is 0.323 e. The lowest BCUT2D eigenvalue weighted by molar-refractivity contribution is -0.137. The molecule has 0 bridgehead atoms. The predicted molar refractivity (Wildman–Crippen MR) is 62.4 cm³/mol. The first-order chi connectivity index (χ1) is 7.85. The Labute approximate surface area is 99.4 Å². The van der Waals surface area contributed by atoms with E-state index in [1.807, 2.05) is 0 Å². The van der Waals surface area contributed by atoms with Gasteiger partial charge in [-0.1, -0.05) is 5.92 Å². The van der Waals surface area contributed by atoms with E-state index in [2.05, 4.69) is 11.2 Å². The zero-order valence-electron chi connectivity index (χ0n) is 9.73. The molecule has 90 valence electrons. The summed E-state index contributed by atoms with van der Waals surface area (Å²) >= 11 is 0. The normalized spacial score (nSPS) is 10.6. The van der Waals surface area contributed by atoms with Crippen molar-refractivity contribution in [1.82, 2.24) is 9.88 Å². The fourth-order valence-electron chi connectivity index (χ4n) is 1.29. The van der Waals surface area contributed by atoms with Crippen LogP contribution < -0.4 is 5.32 Å². The molecule has 0 atom stereocenters. The topological polar surface area (TPSA) is 71.3 Å². The van der Waals surface area contributed by atoms with Crippen LogP contribution in [0, 0.1) is 12.3 Å². The molecule has 0 aliphatic carbocycles. The van der Waals surface area contributed by atoms with Crippen molar-refractivity contribution in [3.63, 3.8) is 0 Å². The second kappa shape index (κ2) is 4.74. The fourth-order valence-corrected chi connectivity index (χ4v) is 1.29. The molecule has 0 aliphatic rings. The zero-order chi connectivity index (χ0) is 13.1. The highest BCUT2D eigenvalue weighted by atomic mass is 16.4. The minimum Gasteiger partial charge on any atom is -0.480 e. The Morgan fingerprint density at radius 2 is 2.24 bits per heavy atom. The molecule has 1 aromatic rings. The molecule has 17 heavy (non-hydrogen) atoms. The van der Waals surface area contributed by atoms with E-state index >= 15 is 0 Å². The van der Waals surface area contributed by atoms with Crippen molar-refractivity contribution in [3.05, 3.63) is 24.0 Å². The van der Waals surface area contributed by atoms with Gasteiger partial charge in [0.25, 0.3) is 5.91 Å². The molecule has 0 unspecified atom stereocenters. The highest BCUT2D eigenvalue weighted by Crippen LogP contribution is 2.06. The summed E-state index contributed by atoms with van der Waals surface area (Å²) in [4.78, 5) is 22.5. The predicted octanol–water partition coefficient (Wildman–Crippen LogP) is 0.714. The molecule has 0 aromatic carbocycles. The molecular formula is C12H14N2O3. The molecular weight excluding hydrogens is 220 g/mol. The largest absolute Gasteiger partial charge is 0.480 e. The van der Waals surface area contributed by atoms with Crippen LogP contribution in [0.3, 0.4) is 0 Å². The van der Waals surface area contributed by atoms with Crippen molar-refractivity contribution in [2.45, 2.75) is 25.9 Å². The lowest BCUT2D eigenvalue weighted by atomic mass is 10.1. The van der Waals surface area contributed by atoms with E-state index in [9.17, 15) is 9.59 Å². The summed E-state index contributed by atoms with van der Waals surface area (Å²) in [5.41, 5.74) is -0.495. The van der Waals surface area contributed by atoms with E-state index in [1.54, 1.807) is 26.0 Å². The molecule has 0 aliphatic heterocycles. The molecule has 0 saturated carbocycles. The van der Waals surface area contributed by atoms with Crippen LogP contribution in [0.25, 0.3) is 0 Å². The van der Waals surface area contributed by atoms with Crippen LogP contribution in [0.4, 0.5) is 0 Å². The van der Waals surface area contributed by atoms with Crippen molar-refractivity contribution in [2.24, 2.45) is 0 Å². The number of carboxylic acids is 1. The van der Waals surface area contributed by atoms with Gasteiger partial charge in [0.15, 0.2) is 0 Å². The van der Waals surface area contributed by atoms with Gasteiger partial charge in [-0.3, -0.25) is 9.59 Å². The molecule has 0 radical (unpaired) electrons. The van der Waals surface area contributed by atoms with Crippen LogP contribution in [0.5, 0.6) is 0 Å². The van der Waals surface area contributed by atoms with Crippen molar-refractivity contribution in [1.29, 1.82) is 0 Å². The number of amides is 1. The fraction of sp³-hybridized carbons (Fsp3) is 0.333. The molecule has 5 heteroatoms. The SMILES string of the molecule is C#CC(C)(C)NC(=O)c1cccn1CC(=O)O. The van der Waals surface area contributed by atoms with Gasteiger partial charge in [-0.15, -0.1) is 6.42 Å². The maximum absolute atomic E-state index is 11.9. The molecule has 5 nitrogen and oxygen atoms in total. The Bertz CT molecular complexity index is 480. The second-order valence-corrected chi connectivity index (χ2v) is 4.14. The van der Waals surface area contributed by atoms with Crippen molar-refractivity contribution >= 4 is 11.9 Å². The third-order valence-corrected chi connectivity index (χ3v) is 2.15. The van der Waals surface area contributed by atoms with Crippen molar-refractivity contribution < 1.29 is 14.7 Å². The third kappa shape index (κ3) is 3.38. The van der Waals surface area contributed by atoms with Gasteiger partial charge in [0, 0.05) is 6.20 Å². The number of aromatic nitrogens is 1. The van der Waals surface area contributed by atoms with Gasteiger partial charge in [0.05, 0.1) is 5.54 Å². The first-order valence-corrected chi connectivity index (χ1v) is 5.03. The molecule has 1 amide bonds. The number of carbonyl (C=O) groups excluding carboxylic acids is 1. The molecule has 1 aromatic heterocycles. The lowest BCUT2D eigenvalue weighted by Gasteiger charge is -2.19. The van der Waals surface area contributed by atoms with Gasteiger partial charge >= 0.3 is 5.97 Å². The van der Waals surface area contributed by atoms with Gasteiger partial charge in [-0.2, -0.15) is 0 Å². The Hall–Kier alpha value is -2.22.